The number of Topliss-reactive ketones (excluding diaryl/α,β-unsaturated/α-hetero) is 1. The Morgan fingerprint density at radius 2 is 1.77 bits per heavy atom. The number of hydrogen-bond acceptors (Lipinski definition) is 2. The van der Waals surface area contributed by atoms with Gasteiger partial charge in [0.15, 0.2) is 0 Å². The second-order valence-electron chi connectivity index (χ2n) is 12.5. The van der Waals surface area contributed by atoms with E-state index in [9.17, 15) is 9.90 Å². The maximum atomic E-state index is 12.2. The highest BCUT2D eigenvalue weighted by atomic mass is 16.2. The van der Waals surface area contributed by atoms with Crippen LogP contribution in [0.1, 0.15) is 105 Å². The monoisotopic (exact) mass is 414 g/mol. The molecule has 8 atom stereocenters. The van der Waals surface area contributed by atoms with Gasteiger partial charge in [-0.25, -0.2) is 0 Å². The number of carbonyl (C=O) groups is 1. The van der Waals surface area contributed by atoms with E-state index in [2.05, 4.69) is 20.8 Å². The number of carbonyl (C=O) groups excluding carboxylic acids is 1. The van der Waals surface area contributed by atoms with E-state index in [1.807, 2.05) is 13.8 Å². The quantitative estimate of drug-likeness (QED) is 0.467. The van der Waals surface area contributed by atoms with Crippen molar-refractivity contribution in [2.24, 2.45) is 52.3 Å². The molecule has 170 valence electrons. The van der Waals surface area contributed by atoms with E-state index in [4.69, 9.17) is 0 Å². The Morgan fingerprint density at radius 3 is 2.47 bits per heavy atom. The third kappa shape index (κ3) is 3.58. The van der Waals surface area contributed by atoms with Gasteiger partial charge in [-0.3, -0.25) is 4.79 Å². The van der Waals surface area contributed by atoms with Crippen LogP contribution >= 0.6 is 0 Å². The van der Waals surface area contributed by atoms with Crippen molar-refractivity contribution in [3.63, 3.8) is 0 Å². The van der Waals surface area contributed by atoms with E-state index in [0.717, 1.165) is 55.3 Å². The van der Waals surface area contributed by atoms with Gasteiger partial charge in [0.2, 0.25) is 0 Å². The summed E-state index contributed by atoms with van der Waals surface area (Å²) in [5.74, 6) is 5.58. The zero-order valence-electron chi connectivity index (χ0n) is 20.3. The normalized spacial score (nSPS) is 45.7. The Labute approximate surface area is 185 Å². The highest BCUT2D eigenvalue weighted by Gasteiger charge is 2.60. The van der Waals surface area contributed by atoms with E-state index >= 15 is 0 Å². The first kappa shape index (κ1) is 22.4. The lowest BCUT2D eigenvalue weighted by atomic mass is 9.44. The number of rotatable bonds is 5. The van der Waals surface area contributed by atoms with E-state index in [1.54, 1.807) is 0 Å². The summed E-state index contributed by atoms with van der Waals surface area (Å²) in [5.41, 5.74) is 2.19. The minimum absolute atomic E-state index is 0.184. The lowest BCUT2D eigenvalue weighted by Crippen LogP contribution is -2.53. The fourth-order valence-electron chi connectivity index (χ4n) is 9.17. The van der Waals surface area contributed by atoms with Gasteiger partial charge in [0.25, 0.3) is 0 Å². The molecule has 0 aromatic rings. The first-order chi connectivity index (χ1) is 14.2. The first-order valence-electron chi connectivity index (χ1n) is 13.1. The molecule has 1 unspecified atom stereocenters. The number of fused-ring (bicyclic) bond motifs is 5. The third-order valence-corrected chi connectivity index (χ3v) is 10.9. The summed E-state index contributed by atoms with van der Waals surface area (Å²) in [7, 11) is 0. The SMILES string of the molecule is CC(C)C(=O)CC[C@@H](C)[C@H]1CC[C@H]2[C@@H]3CCC4CCC(=CO)C[C@]4(C)[C@H]3CC[C@]12C. The van der Waals surface area contributed by atoms with Crippen LogP contribution in [0.4, 0.5) is 0 Å². The highest BCUT2D eigenvalue weighted by Crippen LogP contribution is 2.68. The molecule has 0 radical (unpaired) electrons. The van der Waals surface area contributed by atoms with Gasteiger partial charge in [-0.05, 0) is 116 Å². The number of allylic oxidation sites excluding steroid dienone is 1. The lowest BCUT2D eigenvalue weighted by molar-refractivity contribution is -0.122. The minimum Gasteiger partial charge on any atom is -0.516 e. The zero-order valence-corrected chi connectivity index (χ0v) is 20.3. The van der Waals surface area contributed by atoms with Crippen LogP contribution in [-0.2, 0) is 4.79 Å². The van der Waals surface area contributed by atoms with Crippen LogP contribution in [0.5, 0.6) is 0 Å². The molecule has 0 aliphatic heterocycles. The van der Waals surface area contributed by atoms with Crippen LogP contribution in [0.25, 0.3) is 0 Å². The van der Waals surface area contributed by atoms with Crippen molar-refractivity contribution < 1.29 is 9.90 Å². The highest BCUT2D eigenvalue weighted by molar-refractivity contribution is 5.80. The Bertz CT molecular complexity index is 678. The minimum atomic E-state index is 0.184. The van der Waals surface area contributed by atoms with Crippen molar-refractivity contribution in [2.45, 2.75) is 105 Å². The van der Waals surface area contributed by atoms with Crippen LogP contribution < -0.4 is 0 Å². The van der Waals surface area contributed by atoms with Crippen molar-refractivity contribution in [3.8, 4) is 0 Å². The number of hydrogen-bond donors (Lipinski definition) is 1. The Balaban J connectivity index is 1.49. The lowest BCUT2D eigenvalue weighted by Gasteiger charge is -2.61. The predicted molar refractivity (Wildman–Crippen MR) is 124 cm³/mol. The van der Waals surface area contributed by atoms with Gasteiger partial charge in [-0.1, -0.05) is 34.6 Å². The Morgan fingerprint density at radius 1 is 1.03 bits per heavy atom. The predicted octanol–water partition coefficient (Wildman–Crippen LogP) is 7.73. The van der Waals surface area contributed by atoms with Crippen molar-refractivity contribution in [1.82, 2.24) is 0 Å². The zero-order chi connectivity index (χ0) is 21.7. The molecular weight excluding hydrogens is 368 g/mol. The molecule has 0 aromatic carbocycles. The smallest absolute Gasteiger partial charge is 0.135 e. The molecule has 4 saturated carbocycles. The Hall–Kier alpha value is -0.790. The molecule has 1 N–H and O–H groups in total. The summed E-state index contributed by atoms with van der Waals surface area (Å²) in [6.45, 7) is 11.7. The van der Waals surface area contributed by atoms with Gasteiger partial charge in [-0.2, -0.15) is 0 Å². The summed E-state index contributed by atoms with van der Waals surface area (Å²) in [6, 6.07) is 0. The van der Waals surface area contributed by atoms with Crippen LogP contribution in [0.15, 0.2) is 11.8 Å². The van der Waals surface area contributed by atoms with Gasteiger partial charge < -0.3 is 5.11 Å². The van der Waals surface area contributed by atoms with E-state index in [-0.39, 0.29) is 5.92 Å². The topological polar surface area (TPSA) is 37.3 Å². The molecule has 4 aliphatic rings. The van der Waals surface area contributed by atoms with Crippen molar-refractivity contribution in [2.75, 3.05) is 0 Å². The maximum absolute atomic E-state index is 12.2. The van der Waals surface area contributed by atoms with E-state index < -0.39 is 0 Å². The van der Waals surface area contributed by atoms with Crippen LogP contribution in [0, 0.1) is 52.3 Å². The Kier molecular flexibility index (Phi) is 6.19. The molecule has 0 aromatic heterocycles. The molecule has 0 amide bonds. The summed E-state index contributed by atoms with van der Waals surface area (Å²) in [6.07, 6.45) is 15.2. The fraction of sp³-hybridized carbons (Fsp3) is 0.893. The van der Waals surface area contributed by atoms with Gasteiger partial charge >= 0.3 is 0 Å². The molecule has 30 heavy (non-hydrogen) atoms. The number of aliphatic hydroxyl groups excluding tert-OH is 1. The van der Waals surface area contributed by atoms with E-state index in [0.29, 0.717) is 22.5 Å². The molecule has 0 bridgehead atoms. The molecule has 2 nitrogen and oxygen atoms in total. The van der Waals surface area contributed by atoms with Crippen molar-refractivity contribution in [3.05, 3.63) is 11.8 Å². The molecule has 0 spiro atoms. The van der Waals surface area contributed by atoms with Gasteiger partial charge in [0, 0.05) is 12.3 Å². The average molecular weight is 415 g/mol. The average Bonchev–Trinajstić information content (AvgIpc) is 3.08. The van der Waals surface area contributed by atoms with Crippen molar-refractivity contribution >= 4 is 5.78 Å². The van der Waals surface area contributed by atoms with Gasteiger partial charge in [-0.15, -0.1) is 0 Å². The molecule has 4 aliphatic carbocycles. The number of ketones is 1. The van der Waals surface area contributed by atoms with Gasteiger partial charge in [0.1, 0.15) is 5.78 Å². The largest absolute Gasteiger partial charge is 0.516 e. The van der Waals surface area contributed by atoms with Crippen LogP contribution in [0.3, 0.4) is 0 Å². The molecular formula is C28H46O2. The van der Waals surface area contributed by atoms with E-state index in [1.165, 1.54) is 56.8 Å². The van der Waals surface area contributed by atoms with Crippen molar-refractivity contribution in [1.29, 1.82) is 0 Å². The third-order valence-electron chi connectivity index (χ3n) is 10.9. The van der Waals surface area contributed by atoms with Crippen LogP contribution in [-0.4, -0.2) is 10.9 Å². The summed E-state index contributed by atoms with van der Waals surface area (Å²) in [5, 5.41) is 9.72. The standard InChI is InChI=1S/C28H46O2/c1-18(2)26(30)13-6-19(3)23-11-12-24-22-10-9-21-8-7-20(17-29)16-28(21,5)25(22)14-15-27(23,24)4/h17-19,21-25,29H,6-16H2,1-5H3/t19-,21?,22+,23-,24+,25+,27-,28+/m1/s1. The first-order valence-corrected chi connectivity index (χ1v) is 13.1. The summed E-state index contributed by atoms with van der Waals surface area (Å²) in [4.78, 5) is 12.2. The maximum Gasteiger partial charge on any atom is 0.135 e. The number of aliphatic hydroxyl groups is 1. The molecule has 4 fully saturated rings. The fourth-order valence-corrected chi connectivity index (χ4v) is 9.17. The molecule has 0 heterocycles. The molecule has 4 rings (SSSR count). The summed E-state index contributed by atoms with van der Waals surface area (Å²) < 4.78 is 0. The summed E-state index contributed by atoms with van der Waals surface area (Å²) >= 11 is 0. The second kappa shape index (κ2) is 8.28. The van der Waals surface area contributed by atoms with Crippen LogP contribution in [0.2, 0.25) is 0 Å². The van der Waals surface area contributed by atoms with Gasteiger partial charge in [0.05, 0.1) is 6.26 Å². The second-order valence-corrected chi connectivity index (χ2v) is 12.5. The molecule has 0 saturated heterocycles. The molecule has 2 heteroatoms.